The number of aromatic nitrogens is 5. The van der Waals surface area contributed by atoms with Crippen LogP contribution in [0.15, 0.2) is 35.7 Å². The van der Waals surface area contributed by atoms with Crippen molar-refractivity contribution >= 4 is 6.21 Å². The first-order chi connectivity index (χ1) is 13.5. The predicted molar refractivity (Wildman–Crippen MR) is 108 cm³/mol. The van der Waals surface area contributed by atoms with Crippen LogP contribution in [-0.2, 0) is 0 Å². The van der Waals surface area contributed by atoms with E-state index in [4.69, 9.17) is 9.47 Å². The maximum absolute atomic E-state index is 5.83. The summed E-state index contributed by atoms with van der Waals surface area (Å²) >= 11 is 0. The van der Waals surface area contributed by atoms with Gasteiger partial charge in [0.05, 0.1) is 25.6 Å². The van der Waals surface area contributed by atoms with Gasteiger partial charge in [-0.1, -0.05) is 13.8 Å². The van der Waals surface area contributed by atoms with Crippen LogP contribution in [0.25, 0.3) is 5.95 Å². The third kappa shape index (κ3) is 4.57. The molecule has 2 aromatic heterocycles. The number of methoxy groups -OCH3 is 1. The molecular formula is C20H26N6O2. The molecule has 1 aromatic carbocycles. The fourth-order valence-electron chi connectivity index (χ4n) is 2.69. The van der Waals surface area contributed by atoms with Crippen molar-refractivity contribution in [1.82, 2.24) is 24.7 Å². The molecule has 0 aliphatic heterocycles. The molecule has 0 bridgehead atoms. The second-order valence-electron chi connectivity index (χ2n) is 7.00. The third-order valence-corrected chi connectivity index (χ3v) is 4.18. The first-order valence-corrected chi connectivity index (χ1v) is 9.26. The Balaban J connectivity index is 1.78. The Hall–Kier alpha value is -3.16. The molecule has 3 rings (SSSR count). The van der Waals surface area contributed by atoms with Gasteiger partial charge in [0, 0.05) is 5.69 Å². The smallest absolute Gasteiger partial charge is 0.273 e. The number of ether oxygens (including phenoxy) is 2. The van der Waals surface area contributed by atoms with Crippen LogP contribution in [0.1, 0.15) is 37.2 Å². The lowest BCUT2D eigenvalue weighted by molar-refractivity contribution is 0.273. The van der Waals surface area contributed by atoms with Gasteiger partial charge in [-0.3, -0.25) is 0 Å². The van der Waals surface area contributed by atoms with Gasteiger partial charge in [0.25, 0.3) is 5.95 Å². The summed E-state index contributed by atoms with van der Waals surface area (Å²) in [4.78, 5) is 0. The normalized spacial score (nSPS) is 11.5. The molecule has 0 unspecified atom stereocenters. The van der Waals surface area contributed by atoms with Crippen molar-refractivity contribution in [2.45, 2.75) is 34.1 Å². The van der Waals surface area contributed by atoms with Gasteiger partial charge in [-0.05, 0) is 56.0 Å². The van der Waals surface area contributed by atoms with E-state index in [9.17, 15) is 0 Å². The summed E-state index contributed by atoms with van der Waals surface area (Å²) in [5.41, 5.74) is 2.75. The Morgan fingerprint density at radius 1 is 1.18 bits per heavy atom. The Bertz CT molecular complexity index is 958. The van der Waals surface area contributed by atoms with Gasteiger partial charge in [-0.2, -0.15) is 14.9 Å². The van der Waals surface area contributed by atoms with E-state index < -0.39 is 0 Å². The zero-order valence-electron chi connectivity index (χ0n) is 17.0. The van der Waals surface area contributed by atoms with Crippen LogP contribution >= 0.6 is 0 Å². The van der Waals surface area contributed by atoms with Crippen LogP contribution in [-0.4, -0.2) is 44.6 Å². The zero-order valence-corrected chi connectivity index (χ0v) is 17.0. The summed E-state index contributed by atoms with van der Waals surface area (Å²) in [5.74, 6) is 2.53. The van der Waals surface area contributed by atoms with Crippen LogP contribution in [0.3, 0.4) is 0 Å². The lowest BCUT2D eigenvalue weighted by atomic mass is 10.1. The number of aryl methyl sites for hydroxylation is 2. The van der Waals surface area contributed by atoms with Crippen molar-refractivity contribution in [3.8, 4) is 17.4 Å². The number of hydrogen-bond acceptors (Lipinski definition) is 6. The van der Waals surface area contributed by atoms with Crippen LogP contribution in [0.2, 0.25) is 0 Å². The van der Waals surface area contributed by atoms with Gasteiger partial charge in [-0.15, -0.1) is 10.2 Å². The maximum Gasteiger partial charge on any atom is 0.273 e. The average Bonchev–Trinajstić information content (AvgIpc) is 3.25. The molecule has 0 fully saturated rings. The Morgan fingerprint density at radius 2 is 2.00 bits per heavy atom. The van der Waals surface area contributed by atoms with Crippen molar-refractivity contribution < 1.29 is 9.47 Å². The molecule has 0 atom stereocenters. The summed E-state index contributed by atoms with van der Waals surface area (Å²) in [5, 5.41) is 17.0. The lowest BCUT2D eigenvalue weighted by Gasteiger charge is -2.12. The molecule has 0 radical (unpaired) electrons. The molecule has 0 spiro atoms. The highest BCUT2D eigenvalue weighted by atomic mass is 16.5. The molecule has 0 aliphatic carbocycles. The fraction of sp³-hybridized carbons (Fsp3) is 0.400. The Morgan fingerprint density at radius 3 is 2.68 bits per heavy atom. The summed E-state index contributed by atoms with van der Waals surface area (Å²) < 4.78 is 14.6. The number of rotatable bonds is 8. The van der Waals surface area contributed by atoms with Gasteiger partial charge in [0.15, 0.2) is 11.5 Å². The van der Waals surface area contributed by atoms with E-state index in [1.54, 1.807) is 29.0 Å². The standard InChI is InChI=1S/C20H26N6O2/c1-14(2)8-9-28-18-7-6-17(11-19(18)27-5)12-22-25-13-21-23-20(25)26-16(4)10-15(3)24-26/h6-7,10-14H,8-9H2,1-5H3/b22-12-. The molecule has 148 valence electrons. The van der Waals surface area contributed by atoms with E-state index in [0.29, 0.717) is 24.2 Å². The number of benzene rings is 1. The van der Waals surface area contributed by atoms with E-state index >= 15 is 0 Å². The van der Waals surface area contributed by atoms with Crippen molar-refractivity contribution in [2.24, 2.45) is 11.0 Å². The van der Waals surface area contributed by atoms with E-state index in [0.717, 1.165) is 29.1 Å². The highest BCUT2D eigenvalue weighted by Gasteiger charge is 2.11. The van der Waals surface area contributed by atoms with Crippen LogP contribution in [0, 0.1) is 19.8 Å². The number of hydrogen-bond donors (Lipinski definition) is 0. The quantitative estimate of drug-likeness (QED) is 0.558. The summed E-state index contributed by atoms with van der Waals surface area (Å²) in [6.07, 6.45) is 4.26. The third-order valence-electron chi connectivity index (χ3n) is 4.18. The lowest BCUT2D eigenvalue weighted by Crippen LogP contribution is -2.06. The van der Waals surface area contributed by atoms with E-state index in [-0.39, 0.29) is 0 Å². The summed E-state index contributed by atoms with van der Waals surface area (Å²) in [7, 11) is 1.63. The van der Waals surface area contributed by atoms with E-state index in [1.165, 1.54) is 0 Å². The van der Waals surface area contributed by atoms with Crippen LogP contribution in [0.4, 0.5) is 0 Å². The van der Waals surface area contributed by atoms with Crippen molar-refractivity contribution in [1.29, 1.82) is 0 Å². The SMILES string of the molecule is COc1cc(/C=N\n2cnnc2-n2nc(C)cc2C)ccc1OCCC(C)C. The molecule has 28 heavy (non-hydrogen) atoms. The van der Waals surface area contributed by atoms with E-state index in [2.05, 4.69) is 34.2 Å². The van der Waals surface area contributed by atoms with Gasteiger partial charge in [-0.25, -0.2) is 4.68 Å². The molecular weight excluding hydrogens is 356 g/mol. The Kier molecular flexibility index (Phi) is 6.08. The molecule has 0 N–H and O–H groups in total. The molecule has 0 saturated carbocycles. The monoisotopic (exact) mass is 382 g/mol. The minimum atomic E-state index is 0.530. The molecule has 0 aliphatic rings. The van der Waals surface area contributed by atoms with Gasteiger partial charge in [0.2, 0.25) is 0 Å². The topological polar surface area (TPSA) is 79.4 Å². The molecule has 8 heteroatoms. The van der Waals surface area contributed by atoms with E-state index in [1.807, 2.05) is 38.1 Å². The van der Waals surface area contributed by atoms with Crippen LogP contribution in [0.5, 0.6) is 11.5 Å². The minimum Gasteiger partial charge on any atom is -0.493 e. The first kappa shape index (κ1) is 19.6. The summed E-state index contributed by atoms with van der Waals surface area (Å²) in [6, 6.07) is 7.70. The van der Waals surface area contributed by atoms with Crippen LogP contribution < -0.4 is 9.47 Å². The molecule has 0 amide bonds. The predicted octanol–water partition coefficient (Wildman–Crippen LogP) is 3.40. The molecule has 3 aromatic rings. The van der Waals surface area contributed by atoms with Gasteiger partial charge >= 0.3 is 0 Å². The highest BCUT2D eigenvalue weighted by Crippen LogP contribution is 2.28. The number of nitrogens with zero attached hydrogens (tertiary/aromatic N) is 6. The molecule has 2 heterocycles. The first-order valence-electron chi connectivity index (χ1n) is 9.26. The van der Waals surface area contributed by atoms with Gasteiger partial charge in [0.1, 0.15) is 6.33 Å². The largest absolute Gasteiger partial charge is 0.493 e. The van der Waals surface area contributed by atoms with Crippen molar-refractivity contribution in [3.05, 3.63) is 47.5 Å². The highest BCUT2D eigenvalue weighted by molar-refractivity contribution is 5.80. The molecule has 0 saturated heterocycles. The molecule has 8 nitrogen and oxygen atoms in total. The van der Waals surface area contributed by atoms with Crippen molar-refractivity contribution in [2.75, 3.05) is 13.7 Å². The zero-order chi connectivity index (χ0) is 20.1. The van der Waals surface area contributed by atoms with Crippen molar-refractivity contribution in [3.63, 3.8) is 0 Å². The fourth-order valence-corrected chi connectivity index (χ4v) is 2.69. The second-order valence-corrected chi connectivity index (χ2v) is 7.00. The average molecular weight is 382 g/mol. The van der Waals surface area contributed by atoms with Gasteiger partial charge < -0.3 is 9.47 Å². The summed E-state index contributed by atoms with van der Waals surface area (Å²) in [6.45, 7) is 8.90. The second kappa shape index (κ2) is 8.69. The maximum atomic E-state index is 5.83. The minimum absolute atomic E-state index is 0.530. The Labute approximate surface area is 164 Å².